The largest absolute Gasteiger partial charge is 0.115 e. The molecule has 82 valence electrons. The van der Waals surface area contributed by atoms with Crippen LogP contribution in [0.4, 0.5) is 0 Å². The molecule has 0 aromatic rings. The van der Waals surface area contributed by atoms with Gasteiger partial charge >= 0.3 is 0 Å². The molecule has 1 rings (SSSR count). The molecule has 15 heavy (non-hydrogen) atoms. The highest BCUT2D eigenvalue weighted by Crippen LogP contribution is 2.42. The van der Waals surface area contributed by atoms with Crippen LogP contribution in [0.5, 0.6) is 0 Å². The Bertz CT molecular complexity index is 320. The Morgan fingerprint density at radius 1 is 1.53 bits per heavy atom. The highest BCUT2D eigenvalue weighted by molar-refractivity contribution is 5.27. The van der Waals surface area contributed by atoms with E-state index in [9.17, 15) is 0 Å². The van der Waals surface area contributed by atoms with Crippen LogP contribution < -0.4 is 0 Å². The zero-order valence-corrected chi connectivity index (χ0v) is 10.3. The van der Waals surface area contributed by atoms with Crippen LogP contribution in [0.25, 0.3) is 0 Å². The van der Waals surface area contributed by atoms with E-state index in [2.05, 4.69) is 33.3 Å². The molecule has 0 N–H and O–H groups in total. The fourth-order valence-corrected chi connectivity index (χ4v) is 2.57. The second-order valence-electron chi connectivity index (χ2n) is 5.24. The number of terminal acetylenes is 1. The number of hydrogen-bond donors (Lipinski definition) is 0. The first-order chi connectivity index (χ1) is 6.97. The molecule has 0 aliphatic heterocycles. The molecule has 0 saturated carbocycles. The average molecular weight is 202 g/mol. The smallest absolute Gasteiger partial charge is 0.00510 e. The third-order valence-electron chi connectivity index (χ3n) is 3.57. The molecule has 0 radical (unpaired) electrons. The highest BCUT2D eigenvalue weighted by atomic mass is 14.3. The average Bonchev–Trinajstić information content (AvgIpc) is 2.15. The third kappa shape index (κ3) is 2.99. The molecular formula is C15H22. The summed E-state index contributed by atoms with van der Waals surface area (Å²) in [5.74, 6) is 2.63. The minimum absolute atomic E-state index is 0.372. The van der Waals surface area contributed by atoms with Crippen molar-refractivity contribution in [1.29, 1.82) is 0 Å². The standard InChI is InChI=1S/C15H22/c1-6-12(2)9-10-14-13(3)8-7-11-15(14,4)5/h1H,2,7-11H2,3-5H3. The predicted molar refractivity (Wildman–Crippen MR) is 67.5 cm³/mol. The van der Waals surface area contributed by atoms with E-state index in [0.717, 1.165) is 18.4 Å². The molecule has 1 aliphatic rings. The summed E-state index contributed by atoms with van der Waals surface area (Å²) in [7, 11) is 0. The maximum atomic E-state index is 5.32. The maximum Gasteiger partial charge on any atom is -0.00510 e. The SMILES string of the molecule is C#CC(=C)CCC1=C(C)CCCC1(C)C. The predicted octanol–water partition coefficient (Wildman–Crippen LogP) is 4.48. The van der Waals surface area contributed by atoms with Gasteiger partial charge in [-0.05, 0) is 50.0 Å². The van der Waals surface area contributed by atoms with E-state index in [1.165, 1.54) is 19.3 Å². The van der Waals surface area contributed by atoms with E-state index >= 15 is 0 Å². The second-order valence-corrected chi connectivity index (χ2v) is 5.24. The molecule has 0 bridgehead atoms. The van der Waals surface area contributed by atoms with Gasteiger partial charge in [-0.15, -0.1) is 6.42 Å². The van der Waals surface area contributed by atoms with Gasteiger partial charge in [0.25, 0.3) is 0 Å². The molecule has 0 aromatic heterocycles. The number of allylic oxidation sites excluding steroid dienone is 3. The van der Waals surface area contributed by atoms with Gasteiger partial charge in [0, 0.05) is 0 Å². The molecular weight excluding hydrogens is 180 g/mol. The lowest BCUT2D eigenvalue weighted by Gasteiger charge is -2.34. The molecule has 0 fully saturated rings. The van der Waals surface area contributed by atoms with Crippen molar-refractivity contribution in [1.82, 2.24) is 0 Å². The molecule has 1 aliphatic carbocycles. The van der Waals surface area contributed by atoms with Crippen LogP contribution in [0.15, 0.2) is 23.3 Å². The summed E-state index contributed by atoms with van der Waals surface area (Å²) < 4.78 is 0. The molecule has 0 heterocycles. The quantitative estimate of drug-likeness (QED) is 0.467. The zero-order chi connectivity index (χ0) is 11.5. The monoisotopic (exact) mass is 202 g/mol. The van der Waals surface area contributed by atoms with Gasteiger partial charge in [-0.3, -0.25) is 0 Å². The normalized spacial score (nSPS) is 19.9. The van der Waals surface area contributed by atoms with Gasteiger partial charge in [-0.25, -0.2) is 0 Å². The molecule has 0 saturated heterocycles. The van der Waals surface area contributed by atoms with Crippen LogP contribution in [-0.2, 0) is 0 Å². The molecule has 0 spiro atoms. The topological polar surface area (TPSA) is 0 Å². The molecule has 0 heteroatoms. The number of rotatable bonds is 3. The summed E-state index contributed by atoms with van der Waals surface area (Å²) in [4.78, 5) is 0. The molecule has 0 nitrogen and oxygen atoms in total. The van der Waals surface area contributed by atoms with Crippen molar-refractivity contribution >= 4 is 0 Å². The molecule has 0 aromatic carbocycles. The Kier molecular flexibility index (Phi) is 3.80. The zero-order valence-electron chi connectivity index (χ0n) is 10.3. The Morgan fingerprint density at radius 2 is 2.20 bits per heavy atom. The van der Waals surface area contributed by atoms with Crippen molar-refractivity contribution in [3.05, 3.63) is 23.3 Å². The van der Waals surface area contributed by atoms with Crippen LogP contribution in [0.1, 0.15) is 52.9 Å². The summed E-state index contributed by atoms with van der Waals surface area (Å²) in [6, 6.07) is 0. The van der Waals surface area contributed by atoms with Crippen molar-refractivity contribution in [2.45, 2.75) is 52.9 Å². The van der Waals surface area contributed by atoms with Crippen LogP contribution in [0.3, 0.4) is 0 Å². The summed E-state index contributed by atoms with van der Waals surface area (Å²) in [6.45, 7) is 10.8. The number of hydrogen-bond acceptors (Lipinski definition) is 0. The van der Waals surface area contributed by atoms with E-state index in [1.54, 1.807) is 11.1 Å². The van der Waals surface area contributed by atoms with E-state index in [0.29, 0.717) is 5.41 Å². The second kappa shape index (κ2) is 4.71. The lowest BCUT2D eigenvalue weighted by Crippen LogP contribution is -2.20. The summed E-state index contributed by atoms with van der Waals surface area (Å²) in [6.07, 6.45) is 11.3. The van der Waals surface area contributed by atoms with Crippen molar-refractivity contribution in [3.8, 4) is 12.3 Å². The summed E-state index contributed by atoms with van der Waals surface area (Å²) >= 11 is 0. The first-order valence-electron chi connectivity index (χ1n) is 5.81. The molecule has 0 unspecified atom stereocenters. The Balaban J connectivity index is 2.73. The maximum absolute atomic E-state index is 5.32. The van der Waals surface area contributed by atoms with Crippen molar-refractivity contribution in [2.75, 3.05) is 0 Å². The van der Waals surface area contributed by atoms with Gasteiger partial charge in [0.15, 0.2) is 0 Å². The minimum atomic E-state index is 0.372. The van der Waals surface area contributed by atoms with Crippen LogP contribution >= 0.6 is 0 Å². The van der Waals surface area contributed by atoms with Gasteiger partial charge in [0.1, 0.15) is 0 Å². The lowest BCUT2D eigenvalue weighted by atomic mass is 9.71. The van der Waals surface area contributed by atoms with Gasteiger partial charge in [-0.2, -0.15) is 0 Å². The molecule has 0 atom stereocenters. The van der Waals surface area contributed by atoms with E-state index < -0.39 is 0 Å². The first-order valence-corrected chi connectivity index (χ1v) is 5.81. The van der Waals surface area contributed by atoms with Gasteiger partial charge < -0.3 is 0 Å². The molecule has 0 amide bonds. The van der Waals surface area contributed by atoms with Gasteiger partial charge in [0.2, 0.25) is 0 Å². The van der Waals surface area contributed by atoms with Crippen LogP contribution in [0, 0.1) is 17.8 Å². The van der Waals surface area contributed by atoms with Crippen molar-refractivity contribution < 1.29 is 0 Å². The van der Waals surface area contributed by atoms with Gasteiger partial charge in [0.05, 0.1) is 0 Å². The van der Waals surface area contributed by atoms with Crippen LogP contribution in [-0.4, -0.2) is 0 Å². The van der Waals surface area contributed by atoms with Crippen molar-refractivity contribution in [3.63, 3.8) is 0 Å². The Labute approximate surface area is 94.5 Å². The lowest BCUT2D eigenvalue weighted by molar-refractivity contribution is 0.354. The van der Waals surface area contributed by atoms with Crippen molar-refractivity contribution in [2.24, 2.45) is 5.41 Å². The van der Waals surface area contributed by atoms with Crippen LogP contribution in [0.2, 0.25) is 0 Å². The highest BCUT2D eigenvalue weighted by Gasteiger charge is 2.27. The van der Waals surface area contributed by atoms with Gasteiger partial charge in [-0.1, -0.05) is 37.5 Å². The summed E-state index contributed by atoms with van der Waals surface area (Å²) in [5, 5.41) is 0. The fourth-order valence-electron chi connectivity index (χ4n) is 2.57. The first kappa shape index (κ1) is 12.1. The third-order valence-corrected chi connectivity index (χ3v) is 3.57. The fraction of sp³-hybridized carbons (Fsp3) is 0.600. The Morgan fingerprint density at radius 3 is 2.73 bits per heavy atom. The minimum Gasteiger partial charge on any atom is -0.115 e. The summed E-state index contributed by atoms with van der Waals surface area (Å²) in [5.41, 5.74) is 4.50. The Hall–Kier alpha value is -0.960. The van der Waals surface area contributed by atoms with E-state index in [-0.39, 0.29) is 0 Å². The van der Waals surface area contributed by atoms with E-state index in [1.807, 2.05) is 0 Å². The van der Waals surface area contributed by atoms with E-state index in [4.69, 9.17) is 6.42 Å².